The molecule has 0 aliphatic heterocycles. The van der Waals surface area contributed by atoms with Gasteiger partial charge in [-0.2, -0.15) is 0 Å². The Morgan fingerprint density at radius 2 is 1.62 bits per heavy atom. The van der Waals surface area contributed by atoms with Crippen LogP contribution in [0.3, 0.4) is 0 Å². The van der Waals surface area contributed by atoms with Crippen molar-refractivity contribution >= 4 is 8.07 Å². The summed E-state index contributed by atoms with van der Waals surface area (Å²) in [5.74, 6) is 0.825. The summed E-state index contributed by atoms with van der Waals surface area (Å²) < 4.78 is 0. The summed E-state index contributed by atoms with van der Waals surface area (Å²) in [7, 11) is -0.857. The SMILES string of the molecule is CC(CNC(C)(C)C)C[Si](C)(C)C. The maximum Gasteiger partial charge on any atom is 0.0445 e. The highest BCUT2D eigenvalue weighted by Gasteiger charge is 2.18. The van der Waals surface area contributed by atoms with E-state index in [0.29, 0.717) is 0 Å². The highest BCUT2D eigenvalue weighted by atomic mass is 28.3. The predicted octanol–water partition coefficient (Wildman–Crippen LogP) is 3.35. The largest absolute Gasteiger partial charge is 0.312 e. The molecule has 0 saturated carbocycles. The number of rotatable bonds is 4. The first kappa shape index (κ1) is 13.2. The molecule has 1 unspecified atom stereocenters. The van der Waals surface area contributed by atoms with Gasteiger partial charge in [0.25, 0.3) is 0 Å². The Bertz CT molecular complexity index is 141. The van der Waals surface area contributed by atoms with Crippen molar-refractivity contribution in [3.8, 4) is 0 Å². The maximum atomic E-state index is 3.57. The molecule has 0 radical (unpaired) electrons. The van der Waals surface area contributed by atoms with Crippen LogP contribution in [-0.2, 0) is 0 Å². The lowest BCUT2D eigenvalue weighted by atomic mass is 10.1. The highest BCUT2D eigenvalue weighted by Crippen LogP contribution is 2.16. The second-order valence-corrected chi connectivity index (χ2v) is 12.0. The number of hydrogen-bond acceptors (Lipinski definition) is 1. The van der Waals surface area contributed by atoms with Gasteiger partial charge in [0, 0.05) is 13.6 Å². The summed E-state index contributed by atoms with van der Waals surface area (Å²) in [6, 6.07) is 1.43. The van der Waals surface area contributed by atoms with E-state index in [2.05, 4.69) is 52.7 Å². The average molecular weight is 201 g/mol. The molecular weight excluding hydrogens is 174 g/mol. The first-order valence-electron chi connectivity index (χ1n) is 5.35. The van der Waals surface area contributed by atoms with Crippen LogP contribution in [0.2, 0.25) is 25.7 Å². The quantitative estimate of drug-likeness (QED) is 0.688. The van der Waals surface area contributed by atoms with Gasteiger partial charge < -0.3 is 5.32 Å². The summed E-state index contributed by atoms with van der Waals surface area (Å²) in [5.41, 5.74) is 0.272. The van der Waals surface area contributed by atoms with Crippen LogP contribution in [0.4, 0.5) is 0 Å². The van der Waals surface area contributed by atoms with Gasteiger partial charge in [0.15, 0.2) is 0 Å². The number of nitrogens with one attached hydrogen (secondary N) is 1. The molecule has 80 valence electrons. The van der Waals surface area contributed by atoms with Crippen molar-refractivity contribution in [2.45, 2.75) is 58.9 Å². The van der Waals surface area contributed by atoms with Crippen molar-refractivity contribution in [1.82, 2.24) is 5.32 Å². The Morgan fingerprint density at radius 3 is 1.92 bits per heavy atom. The Morgan fingerprint density at radius 1 is 1.15 bits per heavy atom. The molecule has 0 aromatic heterocycles. The molecule has 0 spiro atoms. The molecule has 0 saturated heterocycles. The van der Waals surface area contributed by atoms with Gasteiger partial charge in [-0.3, -0.25) is 0 Å². The van der Waals surface area contributed by atoms with Crippen molar-refractivity contribution in [2.24, 2.45) is 5.92 Å². The van der Waals surface area contributed by atoms with E-state index >= 15 is 0 Å². The van der Waals surface area contributed by atoms with Gasteiger partial charge in [0.05, 0.1) is 0 Å². The normalized spacial score (nSPS) is 15.9. The van der Waals surface area contributed by atoms with Crippen molar-refractivity contribution in [1.29, 1.82) is 0 Å². The van der Waals surface area contributed by atoms with Gasteiger partial charge in [0.2, 0.25) is 0 Å². The van der Waals surface area contributed by atoms with E-state index in [9.17, 15) is 0 Å². The van der Waals surface area contributed by atoms with Crippen LogP contribution in [0.1, 0.15) is 27.7 Å². The Balaban J connectivity index is 3.70. The topological polar surface area (TPSA) is 12.0 Å². The molecule has 0 aromatic carbocycles. The summed E-state index contributed by atoms with van der Waals surface area (Å²) in [5, 5.41) is 3.57. The Kier molecular flexibility index (Phi) is 4.67. The average Bonchev–Trinajstić information content (AvgIpc) is 1.78. The first-order chi connectivity index (χ1) is 5.60. The molecule has 1 atom stereocenters. The van der Waals surface area contributed by atoms with Crippen molar-refractivity contribution in [2.75, 3.05) is 6.54 Å². The summed E-state index contributed by atoms with van der Waals surface area (Å²) in [4.78, 5) is 0. The van der Waals surface area contributed by atoms with Crippen LogP contribution in [0.25, 0.3) is 0 Å². The minimum absolute atomic E-state index is 0.272. The van der Waals surface area contributed by atoms with Crippen LogP contribution in [0.5, 0.6) is 0 Å². The summed E-state index contributed by atoms with van der Waals surface area (Å²) in [6.45, 7) is 17.5. The molecule has 0 amide bonds. The zero-order valence-corrected chi connectivity index (χ0v) is 11.5. The van der Waals surface area contributed by atoms with Gasteiger partial charge in [-0.25, -0.2) is 0 Å². The van der Waals surface area contributed by atoms with E-state index in [-0.39, 0.29) is 5.54 Å². The van der Waals surface area contributed by atoms with E-state index in [0.717, 1.165) is 12.5 Å². The van der Waals surface area contributed by atoms with Gasteiger partial charge >= 0.3 is 0 Å². The third-order valence-electron chi connectivity index (χ3n) is 1.94. The highest BCUT2D eigenvalue weighted by molar-refractivity contribution is 6.76. The van der Waals surface area contributed by atoms with E-state index in [4.69, 9.17) is 0 Å². The van der Waals surface area contributed by atoms with Crippen LogP contribution < -0.4 is 5.32 Å². The zero-order chi connectivity index (χ0) is 10.7. The molecule has 1 N–H and O–H groups in total. The van der Waals surface area contributed by atoms with Gasteiger partial charge in [-0.1, -0.05) is 32.6 Å². The van der Waals surface area contributed by atoms with Crippen LogP contribution >= 0.6 is 0 Å². The molecule has 0 aliphatic carbocycles. The fourth-order valence-corrected chi connectivity index (χ4v) is 3.83. The smallest absolute Gasteiger partial charge is 0.0445 e. The van der Waals surface area contributed by atoms with Gasteiger partial charge in [0.1, 0.15) is 0 Å². The minimum Gasteiger partial charge on any atom is -0.312 e. The van der Waals surface area contributed by atoms with Crippen LogP contribution in [-0.4, -0.2) is 20.2 Å². The molecule has 0 rings (SSSR count). The van der Waals surface area contributed by atoms with Crippen LogP contribution in [0, 0.1) is 5.92 Å². The summed E-state index contributed by atoms with van der Waals surface area (Å²) >= 11 is 0. The molecule has 0 aromatic rings. The second-order valence-electron chi connectivity index (χ2n) is 6.50. The zero-order valence-electron chi connectivity index (χ0n) is 10.5. The lowest BCUT2D eigenvalue weighted by Crippen LogP contribution is -2.40. The molecule has 13 heavy (non-hydrogen) atoms. The van der Waals surface area contributed by atoms with Crippen molar-refractivity contribution in [3.63, 3.8) is 0 Å². The summed E-state index contributed by atoms with van der Waals surface area (Å²) in [6.07, 6.45) is 0. The fraction of sp³-hybridized carbons (Fsp3) is 1.00. The molecule has 0 fully saturated rings. The van der Waals surface area contributed by atoms with Crippen LogP contribution in [0.15, 0.2) is 0 Å². The predicted molar refractivity (Wildman–Crippen MR) is 65.1 cm³/mol. The first-order valence-corrected chi connectivity index (χ1v) is 9.06. The Labute approximate surface area is 85.3 Å². The molecule has 0 aliphatic rings. The molecule has 2 heteroatoms. The van der Waals surface area contributed by atoms with Gasteiger partial charge in [-0.05, 0) is 33.2 Å². The fourth-order valence-electron chi connectivity index (χ4n) is 1.60. The lowest BCUT2D eigenvalue weighted by molar-refractivity contribution is 0.392. The monoisotopic (exact) mass is 201 g/mol. The van der Waals surface area contributed by atoms with E-state index in [1.54, 1.807) is 0 Å². The number of hydrogen-bond donors (Lipinski definition) is 1. The molecule has 0 heterocycles. The van der Waals surface area contributed by atoms with E-state index < -0.39 is 8.07 Å². The van der Waals surface area contributed by atoms with Gasteiger partial charge in [-0.15, -0.1) is 0 Å². The standard InChI is InChI=1S/C11H27NSi/c1-10(9-13(5,6)7)8-12-11(2,3)4/h10,12H,8-9H2,1-7H3. The van der Waals surface area contributed by atoms with Crippen molar-refractivity contribution in [3.05, 3.63) is 0 Å². The maximum absolute atomic E-state index is 3.57. The molecule has 1 nitrogen and oxygen atoms in total. The lowest BCUT2D eigenvalue weighted by Gasteiger charge is -2.26. The van der Waals surface area contributed by atoms with E-state index in [1.807, 2.05) is 0 Å². The van der Waals surface area contributed by atoms with E-state index in [1.165, 1.54) is 6.04 Å². The molecule has 0 bridgehead atoms. The van der Waals surface area contributed by atoms with Crippen molar-refractivity contribution < 1.29 is 0 Å². The minimum atomic E-state index is -0.857. The third kappa shape index (κ3) is 10.1. The second kappa shape index (κ2) is 4.60. The third-order valence-corrected chi connectivity index (χ3v) is 3.86. The Hall–Kier alpha value is 0.177. The molecular formula is C11H27NSi.